The van der Waals surface area contributed by atoms with Crippen LogP contribution in [0.5, 0.6) is 0 Å². The molecule has 3 aromatic rings. The lowest BCUT2D eigenvalue weighted by atomic mass is 10.1. The first-order valence-corrected chi connectivity index (χ1v) is 14.8. The summed E-state index contributed by atoms with van der Waals surface area (Å²) in [6.45, 7) is 12.0. The molecule has 1 saturated heterocycles. The summed E-state index contributed by atoms with van der Waals surface area (Å²) in [4.78, 5) is 17.6. The number of fused-ring (bicyclic) bond motifs is 1. The van der Waals surface area contributed by atoms with Gasteiger partial charge in [-0.15, -0.1) is 0 Å². The van der Waals surface area contributed by atoms with Crippen LogP contribution in [0.25, 0.3) is 0 Å². The summed E-state index contributed by atoms with van der Waals surface area (Å²) in [6, 6.07) is 25.6. The molecule has 0 radical (unpaired) electrons. The Balaban J connectivity index is 0.000000338. The summed E-state index contributed by atoms with van der Waals surface area (Å²) >= 11 is 5.54. The number of aryl methyl sites for hydroxylation is 1. The standard InChI is InChI=1S/C22H25N4OP.C6H5Cl.C3H8/c1-17-14-18(15-23)6-7-21(17)25-11-8-24(9-12-25)10-13-26-22(27)20-5-3-2-4-19(20)16-28-26;7-6-4-2-1-3-5-6;1-3-2/h2-7,14,28H,8-13,16H2,1H3;1-5H;3H2,1-2H3. The molecule has 38 heavy (non-hydrogen) atoms. The molecular weight excluding hydrogens is 511 g/mol. The molecule has 0 bridgehead atoms. The molecule has 0 aromatic heterocycles. The van der Waals surface area contributed by atoms with Crippen LogP contribution in [-0.2, 0) is 6.16 Å². The fraction of sp³-hybridized carbons (Fsp3) is 0.355. The number of halogens is 1. The molecule has 2 aliphatic heterocycles. The maximum atomic E-state index is 12.7. The van der Waals surface area contributed by atoms with Gasteiger partial charge in [0.2, 0.25) is 0 Å². The maximum absolute atomic E-state index is 12.7. The molecule has 1 atom stereocenters. The molecule has 1 amide bonds. The minimum Gasteiger partial charge on any atom is -0.369 e. The molecule has 5 rings (SSSR count). The number of amides is 1. The molecule has 5 nitrogen and oxygen atoms in total. The van der Waals surface area contributed by atoms with E-state index in [1.165, 1.54) is 17.7 Å². The minimum absolute atomic E-state index is 0.187. The molecule has 2 aliphatic rings. The van der Waals surface area contributed by atoms with Crippen LogP contribution in [0.2, 0.25) is 5.02 Å². The monoisotopic (exact) mass is 548 g/mol. The fourth-order valence-electron chi connectivity index (χ4n) is 4.41. The molecule has 0 N–H and O–H groups in total. The van der Waals surface area contributed by atoms with Crippen molar-refractivity contribution in [1.82, 2.24) is 9.57 Å². The van der Waals surface area contributed by atoms with Gasteiger partial charge in [0.25, 0.3) is 5.91 Å². The number of piperazine rings is 1. The summed E-state index contributed by atoms with van der Waals surface area (Å²) < 4.78 is 2.03. The molecule has 7 heteroatoms. The van der Waals surface area contributed by atoms with E-state index in [9.17, 15) is 4.79 Å². The quantitative estimate of drug-likeness (QED) is 0.330. The van der Waals surface area contributed by atoms with Gasteiger partial charge in [-0.25, -0.2) is 0 Å². The third kappa shape index (κ3) is 8.57. The zero-order chi connectivity index (χ0) is 27.3. The van der Waals surface area contributed by atoms with Crippen molar-refractivity contribution in [2.75, 3.05) is 44.2 Å². The molecule has 3 aromatic carbocycles. The number of nitrogens with zero attached hydrogens (tertiary/aromatic N) is 4. The molecule has 1 fully saturated rings. The highest BCUT2D eigenvalue weighted by Gasteiger charge is 2.25. The van der Waals surface area contributed by atoms with Crippen molar-refractivity contribution in [2.24, 2.45) is 0 Å². The third-order valence-electron chi connectivity index (χ3n) is 6.37. The number of nitriles is 1. The van der Waals surface area contributed by atoms with Gasteiger partial charge in [0.15, 0.2) is 0 Å². The number of rotatable bonds is 4. The van der Waals surface area contributed by atoms with Crippen LogP contribution in [0.4, 0.5) is 5.69 Å². The summed E-state index contributed by atoms with van der Waals surface area (Å²) in [7, 11) is 0.551. The second kappa shape index (κ2) is 15.5. The van der Waals surface area contributed by atoms with Gasteiger partial charge in [-0.05, 0) is 63.2 Å². The van der Waals surface area contributed by atoms with E-state index in [1.54, 1.807) is 0 Å². The van der Waals surface area contributed by atoms with Gasteiger partial charge in [0, 0.05) is 61.7 Å². The predicted molar refractivity (Wildman–Crippen MR) is 161 cm³/mol. The second-order valence-electron chi connectivity index (χ2n) is 9.39. The Labute approximate surface area is 234 Å². The molecule has 0 spiro atoms. The zero-order valence-corrected chi connectivity index (χ0v) is 24.4. The number of hydrogen-bond donors (Lipinski definition) is 0. The lowest BCUT2D eigenvalue weighted by molar-refractivity contribution is 0.0851. The molecule has 0 aliphatic carbocycles. The van der Waals surface area contributed by atoms with E-state index < -0.39 is 0 Å². The maximum Gasteiger partial charge on any atom is 0.257 e. The number of carbonyl (C=O) groups is 1. The second-order valence-corrected chi connectivity index (χ2v) is 11.0. The van der Waals surface area contributed by atoms with Crippen molar-refractivity contribution in [1.29, 1.82) is 5.26 Å². The molecule has 200 valence electrons. The number of benzene rings is 3. The zero-order valence-electron chi connectivity index (χ0n) is 22.7. The van der Waals surface area contributed by atoms with Gasteiger partial charge in [0.1, 0.15) is 0 Å². The summed E-state index contributed by atoms with van der Waals surface area (Å²) in [5, 5.41) is 9.83. The number of anilines is 1. The van der Waals surface area contributed by atoms with Crippen LogP contribution >= 0.6 is 20.3 Å². The van der Waals surface area contributed by atoms with Crippen molar-refractivity contribution >= 4 is 31.9 Å². The van der Waals surface area contributed by atoms with Crippen LogP contribution in [0, 0.1) is 18.3 Å². The molecule has 1 unspecified atom stereocenters. The van der Waals surface area contributed by atoms with Crippen molar-refractivity contribution in [3.8, 4) is 6.07 Å². The highest BCUT2D eigenvalue weighted by Crippen LogP contribution is 2.33. The van der Waals surface area contributed by atoms with E-state index in [2.05, 4.69) is 48.8 Å². The van der Waals surface area contributed by atoms with Crippen LogP contribution in [-0.4, -0.2) is 54.7 Å². The van der Waals surface area contributed by atoms with Crippen molar-refractivity contribution < 1.29 is 4.79 Å². The molecular formula is C31H38ClN4OP. The smallest absolute Gasteiger partial charge is 0.257 e. The lowest BCUT2D eigenvalue weighted by Crippen LogP contribution is -2.48. The average Bonchev–Trinajstić information content (AvgIpc) is 2.94. The normalized spacial score (nSPS) is 15.5. The molecule has 2 heterocycles. The Morgan fingerprint density at radius 3 is 2.18 bits per heavy atom. The summed E-state index contributed by atoms with van der Waals surface area (Å²) in [5.41, 5.74) is 5.17. The average molecular weight is 549 g/mol. The van der Waals surface area contributed by atoms with E-state index in [0.29, 0.717) is 14.3 Å². The summed E-state index contributed by atoms with van der Waals surface area (Å²) in [5.74, 6) is 0.187. The third-order valence-corrected chi connectivity index (χ3v) is 7.96. The van der Waals surface area contributed by atoms with Gasteiger partial charge in [-0.2, -0.15) is 5.26 Å². The lowest BCUT2D eigenvalue weighted by Gasteiger charge is -2.38. The van der Waals surface area contributed by atoms with E-state index in [0.717, 1.165) is 61.6 Å². The highest BCUT2D eigenvalue weighted by atomic mass is 35.5. The van der Waals surface area contributed by atoms with Crippen LogP contribution in [0.3, 0.4) is 0 Å². The predicted octanol–water partition coefficient (Wildman–Crippen LogP) is 6.99. The highest BCUT2D eigenvalue weighted by molar-refractivity contribution is 7.35. The largest absolute Gasteiger partial charge is 0.369 e. The van der Waals surface area contributed by atoms with Gasteiger partial charge in [0.05, 0.1) is 11.6 Å². The SMILES string of the molecule is CCC.Cc1cc(C#N)ccc1N1CCN(CCN2PCc3ccccc3C2=O)CC1.Clc1ccccc1. The van der Waals surface area contributed by atoms with Gasteiger partial charge >= 0.3 is 0 Å². The van der Waals surface area contributed by atoms with Crippen LogP contribution < -0.4 is 4.90 Å². The molecule has 0 saturated carbocycles. The topological polar surface area (TPSA) is 50.6 Å². The van der Waals surface area contributed by atoms with Crippen LogP contribution in [0.1, 0.15) is 47.3 Å². The van der Waals surface area contributed by atoms with E-state index in [4.69, 9.17) is 16.9 Å². The van der Waals surface area contributed by atoms with Crippen molar-refractivity contribution in [2.45, 2.75) is 33.4 Å². The first kappa shape index (κ1) is 29.7. The Morgan fingerprint density at radius 1 is 0.921 bits per heavy atom. The number of hydrogen-bond acceptors (Lipinski definition) is 4. The van der Waals surface area contributed by atoms with Crippen LogP contribution in [0.15, 0.2) is 72.8 Å². The van der Waals surface area contributed by atoms with Crippen molar-refractivity contribution in [3.05, 3.63) is 100 Å². The first-order valence-electron chi connectivity index (χ1n) is 13.3. The fourth-order valence-corrected chi connectivity index (χ4v) is 5.75. The Kier molecular flexibility index (Phi) is 12.1. The van der Waals surface area contributed by atoms with E-state index >= 15 is 0 Å². The van der Waals surface area contributed by atoms with Gasteiger partial charge in [-0.3, -0.25) is 9.69 Å². The number of carbonyl (C=O) groups excluding carboxylic acids is 1. The van der Waals surface area contributed by atoms with Gasteiger partial charge in [-0.1, -0.05) is 68.3 Å². The summed E-state index contributed by atoms with van der Waals surface area (Å²) in [6.07, 6.45) is 2.23. The van der Waals surface area contributed by atoms with Gasteiger partial charge < -0.3 is 9.57 Å². The first-order chi connectivity index (χ1) is 18.5. The van der Waals surface area contributed by atoms with Crippen molar-refractivity contribution in [3.63, 3.8) is 0 Å². The Bertz CT molecular complexity index is 1210. The Morgan fingerprint density at radius 2 is 1.58 bits per heavy atom. The minimum atomic E-state index is 0.187. The van der Waals surface area contributed by atoms with E-state index in [-0.39, 0.29) is 5.91 Å². The Hall–Kier alpha value is -2.90. The van der Waals surface area contributed by atoms with E-state index in [1.807, 2.05) is 65.3 Å².